The molecule has 1 aliphatic rings. The molecule has 0 atom stereocenters. The van der Waals surface area contributed by atoms with Crippen molar-refractivity contribution in [2.45, 2.75) is 13.8 Å². The number of anilines is 1. The van der Waals surface area contributed by atoms with Crippen molar-refractivity contribution in [2.24, 2.45) is 0 Å². The minimum atomic E-state index is -2.13. The van der Waals surface area contributed by atoms with E-state index in [1.54, 1.807) is 31.2 Å². The number of pyridine rings is 1. The molecule has 0 radical (unpaired) electrons. The molecule has 0 fully saturated rings. The first-order valence-electron chi connectivity index (χ1n) is 18.8. The number of phenols is 1. The van der Waals surface area contributed by atoms with Gasteiger partial charge >= 0.3 is 11.9 Å². The van der Waals surface area contributed by atoms with Crippen LogP contribution in [0.3, 0.4) is 0 Å². The third kappa shape index (κ3) is 8.70. The van der Waals surface area contributed by atoms with Gasteiger partial charge < -0.3 is 34.5 Å². The van der Waals surface area contributed by atoms with E-state index in [0.29, 0.717) is 22.5 Å². The van der Waals surface area contributed by atoms with E-state index in [1.165, 1.54) is 36.7 Å². The molecule has 8 rings (SSSR count). The number of benzene rings is 6. The first kappa shape index (κ1) is 44.7. The Hall–Kier alpha value is -7.82. The maximum absolute atomic E-state index is 14.6. The Bertz CT molecular complexity index is 3080. The van der Waals surface area contributed by atoms with Crippen molar-refractivity contribution in [1.82, 2.24) is 9.47 Å². The van der Waals surface area contributed by atoms with E-state index < -0.39 is 74.9 Å². The lowest BCUT2D eigenvalue weighted by Gasteiger charge is -2.25. The number of aromatic hydroxyl groups is 1. The number of rotatable bonds is 7. The van der Waals surface area contributed by atoms with Gasteiger partial charge in [0, 0.05) is 37.3 Å². The largest absolute Gasteiger partial charge is 0.505 e. The van der Waals surface area contributed by atoms with Gasteiger partial charge in [-0.25, -0.2) is 31.5 Å². The molecule has 17 heteroatoms. The van der Waals surface area contributed by atoms with Crippen LogP contribution in [0, 0.1) is 34.9 Å². The summed E-state index contributed by atoms with van der Waals surface area (Å²) in [7, 11) is 2.93. The molecule has 0 spiro atoms. The second kappa shape index (κ2) is 18.4. The summed E-state index contributed by atoms with van der Waals surface area (Å²) in [5.74, 6) is -13.4. The first-order chi connectivity index (χ1) is 30.0. The lowest BCUT2D eigenvalue weighted by molar-refractivity contribution is -0.138. The van der Waals surface area contributed by atoms with E-state index in [2.05, 4.69) is 4.74 Å². The van der Waals surface area contributed by atoms with E-state index in [4.69, 9.17) is 15.2 Å². The number of hydrogen-bond donors (Lipinski definition) is 2. The van der Waals surface area contributed by atoms with Crippen molar-refractivity contribution in [3.05, 3.63) is 159 Å². The van der Waals surface area contributed by atoms with Gasteiger partial charge in [0.1, 0.15) is 22.4 Å². The molecular formula is C46H35F6N3O8. The molecule has 2 heterocycles. The van der Waals surface area contributed by atoms with Gasteiger partial charge in [0.25, 0.3) is 0 Å². The number of hydrogen-bond acceptors (Lipinski definition) is 10. The lowest BCUT2D eigenvalue weighted by Crippen LogP contribution is -2.22. The third-order valence-electron chi connectivity index (χ3n) is 9.36. The highest BCUT2D eigenvalue weighted by atomic mass is 19.2. The Kier molecular flexibility index (Phi) is 13.1. The van der Waals surface area contributed by atoms with Crippen molar-refractivity contribution < 1.29 is 60.0 Å². The molecule has 1 aliphatic heterocycles. The van der Waals surface area contributed by atoms with Gasteiger partial charge in [0.15, 0.2) is 40.6 Å². The second-order valence-electron chi connectivity index (χ2n) is 13.7. The van der Waals surface area contributed by atoms with Crippen LogP contribution in [0.4, 0.5) is 32.0 Å². The van der Waals surface area contributed by atoms with Crippen molar-refractivity contribution >= 4 is 55.9 Å². The number of aromatic nitrogens is 1. The number of ketones is 1. The summed E-state index contributed by atoms with van der Waals surface area (Å²) in [4.78, 5) is 50.3. The number of carbonyl (C=O) groups is 3. The molecule has 63 heavy (non-hydrogen) atoms. The van der Waals surface area contributed by atoms with Crippen LogP contribution in [0.15, 0.2) is 108 Å². The van der Waals surface area contributed by atoms with Gasteiger partial charge in [0.05, 0.1) is 35.5 Å². The zero-order valence-electron chi connectivity index (χ0n) is 33.7. The standard InChI is InChI=1S/C22H13F2NO4.C14H13F4NO3.C10H9NO/c1-2-28-22(27)14-10-25-16-8-7-11-5-3-4-6-12(11)20(16)29-21-17(24)15(23)9-13(18(21)25)19(14)26;1-4-22-14(21)8(6-19(2)3)13(20)7-5-9(15)11(17)12(18)10(7)16;11-9-6-5-7-3-1-2-4-8(7)10(9)12/h3-10H,2H2,1H3;5-6H,4H2,1-3H3;1-6,12H,11H2/b;8-6-;. The molecule has 0 unspecified atom stereocenters. The van der Waals surface area contributed by atoms with Crippen molar-refractivity contribution in [3.8, 4) is 22.9 Å². The van der Waals surface area contributed by atoms with Gasteiger partial charge in [-0.1, -0.05) is 60.7 Å². The topological polar surface area (TPSA) is 150 Å². The number of Topliss-reactive ketones (excluding diaryl/α,β-unsaturated/α-hetero) is 1. The number of halogens is 6. The summed E-state index contributed by atoms with van der Waals surface area (Å²) in [5.41, 5.74) is 3.76. The van der Waals surface area contributed by atoms with E-state index in [1.807, 2.05) is 48.5 Å². The normalized spacial score (nSPS) is 11.4. The van der Waals surface area contributed by atoms with E-state index in [9.17, 15) is 50.6 Å². The number of phenolic OH excluding ortho intramolecular Hbond substituents is 1. The fraction of sp³-hybridized carbons (Fsp3) is 0.130. The van der Waals surface area contributed by atoms with Crippen LogP contribution in [0.25, 0.3) is 38.1 Å². The number of nitrogens with two attached hydrogens (primary N) is 1. The monoisotopic (exact) mass is 871 g/mol. The average molecular weight is 872 g/mol. The molecule has 0 saturated carbocycles. The SMILES string of the molecule is CCOC(=O)/C(=C\N(C)C)C(=O)c1cc(F)c(F)c(F)c1F.CCOC(=O)c1cn2c3c(c(F)c(F)cc3c1=O)Oc1c-2ccc2ccccc12.Nc1ccc2ccccc2c1O. The van der Waals surface area contributed by atoms with Crippen LogP contribution in [0.5, 0.6) is 17.2 Å². The molecule has 11 nitrogen and oxygen atoms in total. The van der Waals surface area contributed by atoms with Gasteiger partial charge in [-0.15, -0.1) is 0 Å². The summed E-state index contributed by atoms with van der Waals surface area (Å²) < 4.78 is 98.7. The molecule has 0 bridgehead atoms. The molecule has 0 aliphatic carbocycles. The fourth-order valence-corrected chi connectivity index (χ4v) is 6.50. The summed E-state index contributed by atoms with van der Waals surface area (Å²) in [5, 5.41) is 12.7. The Morgan fingerprint density at radius 3 is 1.98 bits per heavy atom. The van der Waals surface area contributed by atoms with E-state index in [0.717, 1.165) is 28.4 Å². The number of fused-ring (bicyclic) bond motifs is 5. The number of ether oxygens (including phenoxy) is 3. The number of carbonyl (C=O) groups excluding carboxylic acids is 3. The quantitative estimate of drug-likeness (QED) is 0.0152. The molecule has 3 N–H and O–H groups in total. The van der Waals surface area contributed by atoms with Gasteiger partial charge in [0.2, 0.25) is 17.0 Å². The van der Waals surface area contributed by atoms with E-state index >= 15 is 0 Å². The summed E-state index contributed by atoms with van der Waals surface area (Å²) in [6.07, 6.45) is 2.30. The Morgan fingerprint density at radius 1 is 0.730 bits per heavy atom. The average Bonchev–Trinajstić information content (AvgIpc) is 3.27. The molecule has 324 valence electrons. The van der Waals surface area contributed by atoms with Gasteiger partial charge in [-0.05, 0) is 48.9 Å². The lowest BCUT2D eigenvalue weighted by atomic mass is 10.0. The minimum absolute atomic E-state index is 0.0599. The summed E-state index contributed by atoms with van der Waals surface area (Å²) in [6.45, 7) is 3.10. The Morgan fingerprint density at radius 2 is 1.33 bits per heavy atom. The van der Waals surface area contributed by atoms with Crippen LogP contribution in [0.1, 0.15) is 34.6 Å². The van der Waals surface area contributed by atoms with Crippen molar-refractivity contribution in [3.63, 3.8) is 0 Å². The number of nitrogens with zero attached hydrogens (tertiary/aromatic N) is 2. The second-order valence-corrected chi connectivity index (χ2v) is 13.7. The highest BCUT2D eigenvalue weighted by molar-refractivity contribution is 6.24. The van der Waals surface area contributed by atoms with Crippen LogP contribution < -0.4 is 15.9 Å². The molecule has 0 amide bonds. The van der Waals surface area contributed by atoms with Crippen molar-refractivity contribution in [2.75, 3.05) is 33.0 Å². The number of nitrogen functional groups attached to an aromatic ring is 1. The zero-order chi connectivity index (χ0) is 45.9. The summed E-state index contributed by atoms with van der Waals surface area (Å²) in [6, 6.07) is 23.1. The Labute approximate surface area is 353 Å². The predicted molar refractivity (Wildman–Crippen MR) is 222 cm³/mol. The highest BCUT2D eigenvalue weighted by Crippen LogP contribution is 2.45. The van der Waals surface area contributed by atoms with Crippen LogP contribution in [0.2, 0.25) is 0 Å². The molecule has 7 aromatic rings. The maximum Gasteiger partial charge on any atom is 0.343 e. The smallest absolute Gasteiger partial charge is 0.343 e. The van der Waals surface area contributed by atoms with Crippen LogP contribution >= 0.6 is 0 Å². The van der Waals surface area contributed by atoms with Gasteiger partial charge in [-0.2, -0.15) is 4.39 Å². The zero-order valence-corrected chi connectivity index (χ0v) is 33.7. The molecule has 0 saturated heterocycles. The highest BCUT2D eigenvalue weighted by Gasteiger charge is 2.31. The third-order valence-corrected chi connectivity index (χ3v) is 9.36. The van der Waals surface area contributed by atoms with Crippen LogP contribution in [-0.4, -0.2) is 59.6 Å². The van der Waals surface area contributed by atoms with E-state index in [-0.39, 0.29) is 41.5 Å². The van der Waals surface area contributed by atoms with Gasteiger partial charge in [-0.3, -0.25) is 9.59 Å². The fourth-order valence-electron chi connectivity index (χ4n) is 6.50. The number of esters is 2. The van der Waals surface area contributed by atoms with Crippen molar-refractivity contribution in [1.29, 1.82) is 0 Å². The minimum Gasteiger partial charge on any atom is -0.505 e. The molecular weight excluding hydrogens is 837 g/mol. The predicted octanol–water partition coefficient (Wildman–Crippen LogP) is 9.27. The maximum atomic E-state index is 14.6. The first-order valence-corrected chi connectivity index (χ1v) is 18.8. The summed E-state index contributed by atoms with van der Waals surface area (Å²) >= 11 is 0. The Balaban J connectivity index is 0.000000171. The molecule has 6 aromatic carbocycles. The van der Waals surface area contributed by atoms with Crippen LogP contribution in [-0.2, 0) is 14.3 Å². The molecule has 1 aromatic heterocycles.